The third-order valence-electron chi connectivity index (χ3n) is 4.78. The van der Waals surface area contributed by atoms with E-state index >= 15 is 0 Å². The number of nitrogens with one attached hydrogen (secondary N) is 1. The summed E-state index contributed by atoms with van der Waals surface area (Å²) in [7, 11) is -7.54. The second-order valence-corrected chi connectivity index (χ2v) is 11.5. The number of halogens is 1. The molecule has 9 heteroatoms. The molecule has 1 aromatic heterocycles. The number of benzene rings is 2. The standard InChI is InChI=1S/C22H23ClN2O4S2/c23-20-10-12-21(13-11-20)31(28,29)22(19-9-4-14-24-16-19)17-25-30(26,27)15-5-8-18-6-2-1-3-7-18/h1-4,6-7,9-14,16,22,25H,5,8,15,17H2/t22-/m0/s1. The molecule has 3 aromatic rings. The highest BCUT2D eigenvalue weighted by molar-refractivity contribution is 7.92. The minimum absolute atomic E-state index is 0.0639. The second kappa shape index (κ2) is 10.4. The van der Waals surface area contributed by atoms with Gasteiger partial charge < -0.3 is 0 Å². The summed E-state index contributed by atoms with van der Waals surface area (Å²) in [5, 5.41) is -0.706. The van der Waals surface area contributed by atoms with Gasteiger partial charge in [0, 0.05) is 24.0 Å². The molecule has 0 bridgehead atoms. The topological polar surface area (TPSA) is 93.2 Å². The van der Waals surface area contributed by atoms with Crippen LogP contribution in [0.1, 0.15) is 22.8 Å². The molecule has 0 fully saturated rings. The van der Waals surface area contributed by atoms with Crippen LogP contribution in [0.5, 0.6) is 0 Å². The van der Waals surface area contributed by atoms with Gasteiger partial charge in [0.15, 0.2) is 9.84 Å². The number of sulfone groups is 1. The van der Waals surface area contributed by atoms with E-state index in [1.54, 1.807) is 12.1 Å². The number of hydrogen-bond acceptors (Lipinski definition) is 5. The van der Waals surface area contributed by atoms with Gasteiger partial charge in [0.25, 0.3) is 0 Å². The number of aromatic nitrogens is 1. The number of nitrogens with zero attached hydrogens (tertiary/aromatic N) is 1. The van der Waals surface area contributed by atoms with Crippen molar-refractivity contribution in [3.63, 3.8) is 0 Å². The molecule has 0 saturated heterocycles. The summed E-state index contributed by atoms with van der Waals surface area (Å²) in [6.07, 6.45) is 4.02. The lowest BCUT2D eigenvalue weighted by Crippen LogP contribution is -2.33. The van der Waals surface area contributed by atoms with E-state index in [2.05, 4.69) is 9.71 Å². The quantitative estimate of drug-likeness (QED) is 0.478. The molecule has 0 aliphatic rings. The average Bonchev–Trinajstić information content (AvgIpc) is 2.75. The van der Waals surface area contributed by atoms with Gasteiger partial charge in [-0.15, -0.1) is 0 Å². The SMILES string of the molecule is O=S(=O)(CCCc1ccccc1)NC[C@@H](c1cccnc1)S(=O)(=O)c1ccc(Cl)cc1. The van der Waals surface area contributed by atoms with Crippen LogP contribution in [0.2, 0.25) is 5.02 Å². The number of aryl methyl sites for hydroxylation is 1. The molecular formula is C22H23ClN2O4S2. The van der Waals surface area contributed by atoms with Gasteiger partial charge in [-0.1, -0.05) is 48.0 Å². The van der Waals surface area contributed by atoms with Crippen LogP contribution in [0.25, 0.3) is 0 Å². The van der Waals surface area contributed by atoms with Gasteiger partial charge in [-0.05, 0) is 54.3 Å². The van der Waals surface area contributed by atoms with E-state index in [-0.39, 0.29) is 17.2 Å². The second-order valence-electron chi connectivity index (χ2n) is 7.03. The molecule has 31 heavy (non-hydrogen) atoms. The first-order valence-corrected chi connectivity index (χ1v) is 13.3. The Labute approximate surface area is 188 Å². The molecule has 3 rings (SSSR count). The third kappa shape index (κ3) is 6.61. The molecule has 2 aromatic carbocycles. The Morgan fingerprint density at radius 1 is 0.903 bits per heavy atom. The van der Waals surface area contributed by atoms with Gasteiger partial charge >= 0.3 is 0 Å². The molecule has 0 unspecified atom stereocenters. The summed E-state index contributed by atoms with van der Waals surface area (Å²) in [5.74, 6) is -0.0946. The van der Waals surface area contributed by atoms with Crippen LogP contribution in [0.3, 0.4) is 0 Å². The summed E-state index contributed by atoms with van der Waals surface area (Å²) in [4.78, 5) is 4.06. The van der Waals surface area contributed by atoms with Crippen molar-refractivity contribution in [2.75, 3.05) is 12.3 Å². The zero-order valence-electron chi connectivity index (χ0n) is 16.7. The molecule has 1 N–H and O–H groups in total. The van der Waals surface area contributed by atoms with Gasteiger partial charge in [0.05, 0.1) is 10.6 Å². The van der Waals surface area contributed by atoms with E-state index in [4.69, 9.17) is 11.6 Å². The number of sulfonamides is 1. The fraction of sp³-hybridized carbons (Fsp3) is 0.227. The highest BCUT2D eigenvalue weighted by Crippen LogP contribution is 2.29. The van der Waals surface area contributed by atoms with Crippen molar-refractivity contribution in [2.24, 2.45) is 0 Å². The molecule has 1 atom stereocenters. The molecule has 164 valence electrons. The predicted octanol–water partition coefficient (Wildman–Crippen LogP) is 3.80. The summed E-state index contributed by atoms with van der Waals surface area (Å²) < 4.78 is 54.0. The van der Waals surface area contributed by atoms with Crippen molar-refractivity contribution in [3.8, 4) is 0 Å². The van der Waals surface area contributed by atoms with Crippen LogP contribution in [-0.2, 0) is 26.3 Å². The van der Waals surface area contributed by atoms with Gasteiger partial charge in [-0.2, -0.15) is 0 Å². The van der Waals surface area contributed by atoms with Crippen molar-refractivity contribution in [1.82, 2.24) is 9.71 Å². The van der Waals surface area contributed by atoms with Crippen molar-refractivity contribution < 1.29 is 16.8 Å². The zero-order valence-corrected chi connectivity index (χ0v) is 19.1. The molecule has 0 aliphatic heterocycles. The average molecular weight is 479 g/mol. The normalized spacial score (nSPS) is 13.1. The maximum absolute atomic E-state index is 13.3. The van der Waals surface area contributed by atoms with Gasteiger partial charge in [0.1, 0.15) is 5.25 Å². The summed E-state index contributed by atoms with van der Waals surface area (Å²) in [6, 6.07) is 18.6. The van der Waals surface area contributed by atoms with Crippen LogP contribution >= 0.6 is 11.6 Å². The maximum atomic E-state index is 13.3. The lowest BCUT2D eigenvalue weighted by atomic mass is 10.1. The monoisotopic (exact) mass is 478 g/mol. The first-order chi connectivity index (χ1) is 14.8. The van der Waals surface area contributed by atoms with Crippen LogP contribution < -0.4 is 4.72 Å². The third-order valence-corrected chi connectivity index (χ3v) is 8.58. The van der Waals surface area contributed by atoms with Crippen LogP contribution in [0, 0.1) is 0 Å². The number of pyridine rings is 1. The highest BCUT2D eigenvalue weighted by atomic mass is 35.5. The van der Waals surface area contributed by atoms with Crippen LogP contribution in [0.4, 0.5) is 0 Å². The minimum atomic E-state index is -3.88. The lowest BCUT2D eigenvalue weighted by molar-refractivity contribution is 0.567. The van der Waals surface area contributed by atoms with E-state index in [1.807, 2.05) is 30.3 Å². The minimum Gasteiger partial charge on any atom is -0.264 e. The van der Waals surface area contributed by atoms with Gasteiger partial charge in [-0.25, -0.2) is 21.6 Å². The Balaban J connectivity index is 1.74. The molecule has 0 aliphatic carbocycles. The van der Waals surface area contributed by atoms with E-state index in [1.165, 1.54) is 36.7 Å². The van der Waals surface area contributed by atoms with Crippen molar-refractivity contribution in [2.45, 2.75) is 23.0 Å². The van der Waals surface area contributed by atoms with Gasteiger partial charge in [0.2, 0.25) is 10.0 Å². The van der Waals surface area contributed by atoms with E-state index in [9.17, 15) is 16.8 Å². The summed E-state index contributed by atoms with van der Waals surface area (Å²) >= 11 is 5.88. The number of hydrogen-bond donors (Lipinski definition) is 1. The fourth-order valence-electron chi connectivity index (χ4n) is 3.15. The van der Waals surface area contributed by atoms with Crippen molar-refractivity contribution in [1.29, 1.82) is 0 Å². The zero-order chi connectivity index (χ0) is 22.3. The van der Waals surface area contributed by atoms with Gasteiger partial charge in [-0.3, -0.25) is 4.98 Å². The lowest BCUT2D eigenvalue weighted by Gasteiger charge is -2.19. The Hall–Kier alpha value is -2.26. The first-order valence-electron chi connectivity index (χ1n) is 9.68. The largest absolute Gasteiger partial charge is 0.264 e. The smallest absolute Gasteiger partial charge is 0.211 e. The van der Waals surface area contributed by atoms with Crippen LogP contribution in [-0.4, -0.2) is 34.1 Å². The Bertz CT molecular complexity index is 1190. The van der Waals surface area contributed by atoms with E-state index < -0.39 is 25.1 Å². The molecule has 0 amide bonds. The predicted molar refractivity (Wildman–Crippen MR) is 122 cm³/mol. The first kappa shape index (κ1) is 23.4. The van der Waals surface area contributed by atoms with E-state index in [0.717, 1.165) is 5.56 Å². The molecular weight excluding hydrogens is 456 g/mol. The Morgan fingerprint density at radius 2 is 1.61 bits per heavy atom. The Morgan fingerprint density at radius 3 is 2.26 bits per heavy atom. The Kier molecular flexibility index (Phi) is 7.83. The summed E-state index contributed by atoms with van der Waals surface area (Å²) in [5.41, 5.74) is 1.46. The highest BCUT2D eigenvalue weighted by Gasteiger charge is 2.30. The van der Waals surface area contributed by atoms with Crippen LogP contribution in [0.15, 0.2) is 84.0 Å². The number of rotatable bonds is 10. The van der Waals surface area contributed by atoms with Crippen molar-refractivity contribution in [3.05, 3.63) is 95.3 Å². The molecule has 0 radical (unpaired) electrons. The summed E-state index contributed by atoms with van der Waals surface area (Å²) in [6.45, 7) is -0.287. The van der Waals surface area contributed by atoms with Crippen molar-refractivity contribution >= 4 is 31.5 Å². The van der Waals surface area contributed by atoms with E-state index in [0.29, 0.717) is 23.4 Å². The maximum Gasteiger partial charge on any atom is 0.211 e. The molecule has 0 spiro atoms. The molecule has 6 nitrogen and oxygen atoms in total. The molecule has 1 heterocycles. The molecule has 0 saturated carbocycles. The fourth-order valence-corrected chi connectivity index (χ4v) is 6.11.